The Hall–Kier alpha value is -1.16. The third-order valence-corrected chi connectivity index (χ3v) is 3.72. The number of rotatable bonds is 2. The van der Waals surface area contributed by atoms with Crippen LogP contribution in [0.15, 0.2) is 4.79 Å². The van der Waals surface area contributed by atoms with Gasteiger partial charge in [0.1, 0.15) is 5.82 Å². The second-order valence-electron chi connectivity index (χ2n) is 5.17. The van der Waals surface area contributed by atoms with Gasteiger partial charge in [0.25, 0.3) is 5.56 Å². The van der Waals surface area contributed by atoms with E-state index in [1.54, 1.807) is 0 Å². The lowest BCUT2D eigenvalue weighted by atomic mass is 9.99. The molecule has 0 amide bonds. The van der Waals surface area contributed by atoms with E-state index in [1.165, 1.54) is 6.42 Å². The zero-order valence-corrected chi connectivity index (χ0v) is 10.7. The van der Waals surface area contributed by atoms with Crippen LogP contribution in [0.5, 0.6) is 0 Å². The second-order valence-corrected chi connectivity index (χ2v) is 5.17. The van der Waals surface area contributed by atoms with Crippen LogP contribution >= 0.6 is 0 Å². The number of nitrogens with two attached hydrogens (primary N) is 1. The fourth-order valence-corrected chi connectivity index (χ4v) is 2.22. The summed E-state index contributed by atoms with van der Waals surface area (Å²) in [6.07, 6.45) is 5.91. The summed E-state index contributed by atoms with van der Waals surface area (Å²) in [7, 11) is 0. The molecular weight excluding hydrogens is 214 g/mol. The molecule has 0 unspecified atom stereocenters. The average Bonchev–Trinajstić information content (AvgIpc) is 2.54. The topological polar surface area (TPSA) is 71.8 Å². The van der Waals surface area contributed by atoms with E-state index < -0.39 is 5.54 Å². The molecule has 1 aliphatic carbocycles. The highest BCUT2D eigenvalue weighted by Crippen LogP contribution is 2.20. The van der Waals surface area contributed by atoms with Gasteiger partial charge in [-0.15, -0.1) is 0 Å². The maximum atomic E-state index is 12.0. The summed E-state index contributed by atoms with van der Waals surface area (Å²) in [5.74, 6) is 0.630. The molecule has 2 rings (SSSR count). The molecule has 4 nitrogen and oxygen atoms in total. The number of aryl methyl sites for hydroxylation is 1. The average molecular weight is 235 g/mol. The number of aromatic nitrogens is 2. The minimum absolute atomic E-state index is 0.0111. The van der Waals surface area contributed by atoms with Crippen molar-refractivity contribution in [2.45, 2.75) is 57.9 Å². The van der Waals surface area contributed by atoms with Crippen molar-refractivity contribution >= 4 is 0 Å². The Morgan fingerprint density at radius 2 is 2.06 bits per heavy atom. The number of nitrogens with one attached hydrogen (secondary N) is 1. The van der Waals surface area contributed by atoms with E-state index in [0.717, 1.165) is 43.4 Å². The molecule has 3 N–H and O–H groups in total. The molecule has 1 aliphatic rings. The van der Waals surface area contributed by atoms with E-state index in [9.17, 15) is 4.79 Å². The van der Waals surface area contributed by atoms with Crippen LogP contribution < -0.4 is 11.3 Å². The maximum Gasteiger partial charge on any atom is 0.254 e. The fourth-order valence-electron chi connectivity index (χ4n) is 2.22. The van der Waals surface area contributed by atoms with Gasteiger partial charge in [0, 0.05) is 5.56 Å². The summed E-state index contributed by atoms with van der Waals surface area (Å²) in [4.78, 5) is 19.5. The standard InChI is InChI=1S/C13H21N3O/c1-3-13(2,14)12-15-10-8-6-4-5-7-9(10)11(17)16-12/h3-8,14H2,1-2H3,(H,15,16,17)/t13-/m1/s1. The number of fused-ring (bicyclic) bond motifs is 1. The predicted molar refractivity (Wildman–Crippen MR) is 67.9 cm³/mol. The van der Waals surface area contributed by atoms with Gasteiger partial charge < -0.3 is 10.7 Å². The van der Waals surface area contributed by atoms with Crippen molar-refractivity contribution in [3.05, 3.63) is 27.4 Å². The maximum absolute atomic E-state index is 12.0. The molecule has 0 radical (unpaired) electrons. The summed E-state index contributed by atoms with van der Waals surface area (Å²) in [5, 5.41) is 0. The van der Waals surface area contributed by atoms with Crippen molar-refractivity contribution in [1.29, 1.82) is 0 Å². The Balaban J connectivity index is 2.50. The lowest BCUT2D eigenvalue weighted by Crippen LogP contribution is -2.37. The molecule has 1 aromatic rings. The van der Waals surface area contributed by atoms with E-state index in [4.69, 9.17) is 5.73 Å². The first-order valence-electron chi connectivity index (χ1n) is 6.46. The third-order valence-electron chi connectivity index (χ3n) is 3.72. The number of H-pyrrole nitrogens is 1. The highest BCUT2D eigenvalue weighted by atomic mass is 16.1. The number of hydrogen-bond acceptors (Lipinski definition) is 3. The normalized spacial score (nSPS) is 19.2. The molecule has 0 saturated heterocycles. The first-order chi connectivity index (χ1) is 8.04. The summed E-state index contributed by atoms with van der Waals surface area (Å²) in [6, 6.07) is 0. The molecule has 1 heterocycles. The van der Waals surface area contributed by atoms with Crippen LogP contribution in [0.3, 0.4) is 0 Å². The minimum atomic E-state index is -0.541. The molecule has 0 spiro atoms. The van der Waals surface area contributed by atoms with Crippen LogP contribution in [0.4, 0.5) is 0 Å². The summed E-state index contributed by atoms with van der Waals surface area (Å²) in [6.45, 7) is 3.92. The molecule has 4 heteroatoms. The molecular formula is C13H21N3O. The van der Waals surface area contributed by atoms with Gasteiger partial charge >= 0.3 is 0 Å². The van der Waals surface area contributed by atoms with Crippen molar-refractivity contribution in [2.75, 3.05) is 0 Å². The Bertz CT molecular complexity index is 462. The predicted octanol–water partition coefficient (Wildman–Crippen LogP) is 1.62. The monoisotopic (exact) mass is 235 g/mol. The molecule has 1 atom stereocenters. The van der Waals surface area contributed by atoms with E-state index in [1.807, 2.05) is 13.8 Å². The first kappa shape index (κ1) is 12.3. The number of aromatic amines is 1. The summed E-state index contributed by atoms with van der Waals surface area (Å²) < 4.78 is 0. The largest absolute Gasteiger partial charge is 0.319 e. The first-order valence-corrected chi connectivity index (χ1v) is 6.46. The van der Waals surface area contributed by atoms with Crippen LogP contribution in [-0.4, -0.2) is 9.97 Å². The second kappa shape index (κ2) is 4.61. The van der Waals surface area contributed by atoms with E-state index in [0.29, 0.717) is 5.82 Å². The smallest absolute Gasteiger partial charge is 0.254 e. The van der Waals surface area contributed by atoms with Gasteiger partial charge in [0.15, 0.2) is 0 Å². The van der Waals surface area contributed by atoms with Gasteiger partial charge in [0.2, 0.25) is 0 Å². The lowest BCUT2D eigenvalue weighted by Gasteiger charge is -2.22. The molecule has 0 aliphatic heterocycles. The molecule has 1 aromatic heterocycles. The Morgan fingerprint density at radius 1 is 1.35 bits per heavy atom. The van der Waals surface area contributed by atoms with Gasteiger partial charge in [-0.25, -0.2) is 4.98 Å². The van der Waals surface area contributed by atoms with Crippen LogP contribution in [-0.2, 0) is 18.4 Å². The van der Waals surface area contributed by atoms with Crippen LogP contribution in [0.25, 0.3) is 0 Å². The van der Waals surface area contributed by atoms with Crippen molar-refractivity contribution < 1.29 is 0 Å². The van der Waals surface area contributed by atoms with Crippen LogP contribution in [0.2, 0.25) is 0 Å². The highest BCUT2D eigenvalue weighted by molar-refractivity contribution is 5.21. The molecule has 0 aromatic carbocycles. The molecule has 0 saturated carbocycles. The van der Waals surface area contributed by atoms with Crippen molar-refractivity contribution in [3.63, 3.8) is 0 Å². The number of hydrogen-bond donors (Lipinski definition) is 2. The zero-order valence-electron chi connectivity index (χ0n) is 10.7. The molecule has 17 heavy (non-hydrogen) atoms. The molecule has 94 valence electrons. The van der Waals surface area contributed by atoms with Gasteiger partial charge in [-0.1, -0.05) is 13.3 Å². The van der Waals surface area contributed by atoms with E-state index in [-0.39, 0.29) is 5.56 Å². The summed E-state index contributed by atoms with van der Waals surface area (Å²) in [5.41, 5.74) is 7.45. The van der Waals surface area contributed by atoms with Gasteiger partial charge in [0.05, 0.1) is 11.2 Å². The lowest BCUT2D eigenvalue weighted by molar-refractivity contribution is 0.441. The van der Waals surface area contributed by atoms with Crippen molar-refractivity contribution in [3.8, 4) is 0 Å². The molecule has 0 fully saturated rings. The minimum Gasteiger partial charge on any atom is -0.319 e. The van der Waals surface area contributed by atoms with Gasteiger partial charge in [-0.3, -0.25) is 4.79 Å². The Morgan fingerprint density at radius 3 is 2.76 bits per heavy atom. The van der Waals surface area contributed by atoms with Crippen molar-refractivity contribution in [2.24, 2.45) is 5.73 Å². The Kier molecular flexibility index (Phi) is 3.33. The van der Waals surface area contributed by atoms with Gasteiger partial charge in [-0.2, -0.15) is 0 Å². The van der Waals surface area contributed by atoms with Crippen LogP contribution in [0, 0.1) is 0 Å². The van der Waals surface area contributed by atoms with Crippen LogP contribution in [0.1, 0.15) is 56.6 Å². The van der Waals surface area contributed by atoms with Gasteiger partial charge in [-0.05, 0) is 39.0 Å². The van der Waals surface area contributed by atoms with E-state index >= 15 is 0 Å². The number of nitrogens with zero attached hydrogens (tertiary/aromatic N) is 1. The summed E-state index contributed by atoms with van der Waals surface area (Å²) >= 11 is 0. The fraction of sp³-hybridized carbons (Fsp3) is 0.692. The third kappa shape index (κ3) is 2.41. The quantitative estimate of drug-likeness (QED) is 0.765. The SMILES string of the molecule is CC[C@@](C)(N)c1nc2c(c(=O)[nH]1)CCCCC2. The highest BCUT2D eigenvalue weighted by Gasteiger charge is 2.24. The van der Waals surface area contributed by atoms with Crippen molar-refractivity contribution in [1.82, 2.24) is 9.97 Å². The zero-order chi connectivity index (χ0) is 12.5. The van der Waals surface area contributed by atoms with E-state index in [2.05, 4.69) is 9.97 Å². The Labute approximate surface area is 102 Å². The molecule has 0 bridgehead atoms.